The first-order chi connectivity index (χ1) is 7.10. The maximum absolute atomic E-state index is 12.3. The van der Waals surface area contributed by atoms with Crippen LogP contribution in [0.2, 0.25) is 5.02 Å². The standard InChI is InChI=1S/C10H10ClFO3/c1-15-10(14)9(13)7-3-2-6(5-12)4-8(7)11/h2-4,9,13H,5H2,1H3. The van der Waals surface area contributed by atoms with E-state index in [1.807, 2.05) is 0 Å². The van der Waals surface area contributed by atoms with Crippen LogP contribution in [0, 0.1) is 0 Å². The van der Waals surface area contributed by atoms with Crippen LogP contribution in [0.4, 0.5) is 4.39 Å². The molecule has 5 heteroatoms. The average Bonchev–Trinajstić information content (AvgIpc) is 2.26. The number of carbonyl (C=O) groups excluding carboxylic acids is 1. The van der Waals surface area contributed by atoms with Gasteiger partial charge in [-0.25, -0.2) is 9.18 Å². The van der Waals surface area contributed by atoms with E-state index in [9.17, 15) is 14.3 Å². The molecule has 0 aliphatic carbocycles. The lowest BCUT2D eigenvalue weighted by Crippen LogP contribution is -2.13. The van der Waals surface area contributed by atoms with E-state index >= 15 is 0 Å². The van der Waals surface area contributed by atoms with Gasteiger partial charge in [0.25, 0.3) is 0 Å². The maximum atomic E-state index is 12.3. The molecule has 0 spiro atoms. The number of benzene rings is 1. The third-order valence-corrected chi connectivity index (χ3v) is 2.27. The highest BCUT2D eigenvalue weighted by atomic mass is 35.5. The molecule has 0 aliphatic rings. The van der Waals surface area contributed by atoms with Gasteiger partial charge in [-0.15, -0.1) is 0 Å². The van der Waals surface area contributed by atoms with E-state index < -0.39 is 18.7 Å². The highest BCUT2D eigenvalue weighted by molar-refractivity contribution is 6.31. The second-order valence-electron chi connectivity index (χ2n) is 2.92. The first kappa shape index (κ1) is 11.9. The third-order valence-electron chi connectivity index (χ3n) is 1.94. The van der Waals surface area contributed by atoms with Crippen molar-refractivity contribution < 1.29 is 19.0 Å². The summed E-state index contributed by atoms with van der Waals surface area (Å²) in [4.78, 5) is 11.0. The summed E-state index contributed by atoms with van der Waals surface area (Å²) < 4.78 is 16.6. The molecule has 1 rings (SSSR count). The van der Waals surface area contributed by atoms with Crippen molar-refractivity contribution in [1.82, 2.24) is 0 Å². The summed E-state index contributed by atoms with van der Waals surface area (Å²) in [5.41, 5.74) is 0.599. The smallest absolute Gasteiger partial charge is 0.339 e. The van der Waals surface area contributed by atoms with Gasteiger partial charge in [0.05, 0.1) is 7.11 Å². The fourth-order valence-electron chi connectivity index (χ4n) is 1.11. The molecule has 0 saturated carbocycles. The predicted octanol–water partition coefficient (Wildman–Crippen LogP) is 2.02. The van der Waals surface area contributed by atoms with E-state index in [2.05, 4.69) is 4.74 Å². The summed E-state index contributed by atoms with van der Waals surface area (Å²) in [5.74, 6) is -0.801. The lowest BCUT2D eigenvalue weighted by molar-refractivity contribution is -0.150. The summed E-state index contributed by atoms with van der Waals surface area (Å²) >= 11 is 5.77. The molecule has 0 radical (unpaired) electrons. The van der Waals surface area contributed by atoms with Crippen molar-refractivity contribution in [2.75, 3.05) is 7.11 Å². The van der Waals surface area contributed by atoms with Crippen LogP contribution < -0.4 is 0 Å². The topological polar surface area (TPSA) is 46.5 Å². The van der Waals surface area contributed by atoms with E-state index in [0.717, 1.165) is 7.11 Å². The van der Waals surface area contributed by atoms with Gasteiger partial charge in [-0.05, 0) is 11.6 Å². The third kappa shape index (κ3) is 2.67. The largest absolute Gasteiger partial charge is 0.467 e. The van der Waals surface area contributed by atoms with Crippen LogP contribution in [0.25, 0.3) is 0 Å². The van der Waals surface area contributed by atoms with E-state index in [1.54, 1.807) is 0 Å². The summed E-state index contributed by atoms with van der Waals surface area (Å²) in [7, 11) is 1.16. The van der Waals surface area contributed by atoms with Crippen LogP contribution in [-0.2, 0) is 16.2 Å². The Hall–Kier alpha value is -1.13. The molecule has 1 N–H and O–H groups in total. The number of aliphatic hydroxyl groups is 1. The first-order valence-electron chi connectivity index (χ1n) is 4.20. The van der Waals surface area contributed by atoms with Crippen LogP contribution >= 0.6 is 11.6 Å². The van der Waals surface area contributed by atoms with Gasteiger partial charge in [0, 0.05) is 10.6 Å². The first-order valence-corrected chi connectivity index (χ1v) is 4.58. The predicted molar refractivity (Wildman–Crippen MR) is 53.2 cm³/mol. The molecule has 1 aromatic carbocycles. The lowest BCUT2D eigenvalue weighted by atomic mass is 10.1. The minimum Gasteiger partial charge on any atom is -0.467 e. The Morgan fingerprint density at radius 1 is 1.67 bits per heavy atom. The van der Waals surface area contributed by atoms with Crippen molar-refractivity contribution >= 4 is 17.6 Å². The quantitative estimate of drug-likeness (QED) is 0.811. The van der Waals surface area contributed by atoms with Crippen molar-refractivity contribution in [2.45, 2.75) is 12.8 Å². The number of alkyl halides is 1. The van der Waals surface area contributed by atoms with Crippen molar-refractivity contribution in [2.24, 2.45) is 0 Å². The van der Waals surface area contributed by atoms with Crippen LogP contribution in [0.1, 0.15) is 17.2 Å². The summed E-state index contributed by atoms with van der Waals surface area (Å²) in [6.45, 7) is -0.645. The van der Waals surface area contributed by atoms with Crippen molar-refractivity contribution in [1.29, 1.82) is 0 Å². The molecule has 15 heavy (non-hydrogen) atoms. The van der Waals surface area contributed by atoms with Crippen LogP contribution in [-0.4, -0.2) is 18.2 Å². The van der Waals surface area contributed by atoms with Gasteiger partial charge in [0.15, 0.2) is 6.10 Å². The zero-order valence-corrected chi connectivity index (χ0v) is 8.79. The Balaban J connectivity index is 3.00. The molecule has 0 fully saturated rings. The number of esters is 1. The number of carbonyl (C=O) groups is 1. The Labute approximate surface area is 91.4 Å². The van der Waals surface area contributed by atoms with Gasteiger partial charge in [0.2, 0.25) is 0 Å². The Morgan fingerprint density at radius 2 is 2.33 bits per heavy atom. The Bertz CT molecular complexity index is 368. The molecule has 0 saturated heterocycles. The molecule has 1 atom stereocenters. The average molecular weight is 233 g/mol. The highest BCUT2D eigenvalue weighted by Gasteiger charge is 2.20. The molecule has 1 unspecified atom stereocenters. The van der Waals surface area contributed by atoms with Crippen LogP contribution in [0.3, 0.4) is 0 Å². The summed E-state index contributed by atoms with van der Waals surface area (Å²) in [6, 6.07) is 4.22. The Morgan fingerprint density at radius 3 is 2.80 bits per heavy atom. The molecule has 0 aromatic heterocycles. The van der Waals surface area contributed by atoms with Gasteiger partial charge < -0.3 is 9.84 Å². The molecule has 3 nitrogen and oxygen atoms in total. The zero-order valence-electron chi connectivity index (χ0n) is 8.04. The number of hydrogen-bond donors (Lipinski definition) is 1. The van der Waals surface area contributed by atoms with E-state index in [4.69, 9.17) is 11.6 Å². The van der Waals surface area contributed by atoms with Gasteiger partial charge in [-0.3, -0.25) is 0 Å². The van der Waals surface area contributed by atoms with E-state index in [0.29, 0.717) is 5.56 Å². The number of ether oxygens (including phenoxy) is 1. The minimum absolute atomic E-state index is 0.142. The number of hydrogen-bond acceptors (Lipinski definition) is 3. The number of aliphatic hydroxyl groups excluding tert-OH is 1. The van der Waals surface area contributed by atoms with E-state index in [1.165, 1.54) is 18.2 Å². The second-order valence-corrected chi connectivity index (χ2v) is 3.32. The van der Waals surface area contributed by atoms with Crippen molar-refractivity contribution in [3.63, 3.8) is 0 Å². The minimum atomic E-state index is -1.43. The molecule has 1 aromatic rings. The highest BCUT2D eigenvalue weighted by Crippen LogP contribution is 2.25. The summed E-state index contributed by atoms with van der Waals surface area (Å²) in [6.07, 6.45) is -1.43. The second kappa shape index (κ2) is 5.09. The molecule has 0 heterocycles. The van der Waals surface area contributed by atoms with Crippen molar-refractivity contribution in [3.8, 4) is 0 Å². The molecular weight excluding hydrogens is 223 g/mol. The lowest BCUT2D eigenvalue weighted by Gasteiger charge is -2.10. The molecule has 82 valence electrons. The molecular formula is C10H10ClFO3. The molecule has 0 bridgehead atoms. The van der Waals surface area contributed by atoms with Crippen molar-refractivity contribution in [3.05, 3.63) is 34.3 Å². The van der Waals surface area contributed by atoms with Gasteiger partial charge in [-0.2, -0.15) is 0 Å². The fraction of sp³-hybridized carbons (Fsp3) is 0.300. The molecule has 0 aliphatic heterocycles. The van der Waals surface area contributed by atoms with Crippen LogP contribution in [0.15, 0.2) is 18.2 Å². The Kier molecular flexibility index (Phi) is 4.05. The van der Waals surface area contributed by atoms with Gasteiger partial charge in [0.1, 0.15) is 6.67 Å². The SMILES string of the molecule is COC(=O)C(O)c1ccc(CF)cc1Cl. The number of halogens is 2. The monoisotopic (exact) mass is 232 g/mol. The number of rotatable bonds is 3. The number of methoxy groups -OCH3 is 1. The fourth-order valence-corrected chi connectivity index (χ4v) is 1.42. The van der Waals surface area contributed by atoms with Crippen LogP contribution in [0.5, 0.6) is 0 Å². The molecule has 0 amide bonds. The normalized spacial score (nSPS) is 12.3. The maximum Gasteiger partial charge on any atom is 0.339 e. The zero-order chi connectivity index (χ0) is 11.4. The van der Waals surface area contributed by atoms with Gasteiger partial charge >= 0.3 is 5.97 Å². The summed E-state index contributed by atoms with van der Waals surface area (Å²) in [5, 5.41) is 9.62. The van der Waals surface area contributed by atoms with Gasteiger partial charge in [-0.1, -0.05) is 23.7 Å². The van der Waals surface area contributed by atoms with E-state index in [-0.39, 0.29) is 10.6 Å².